The van der Waals surface area contributed by atoms with E-state index in [0.29, 0.717) is 24.1 Å². The van der Waals surface area contributed by atoms with Gasteiger partial charge in [0.25, 0.3) is 5.91 Å². The fourth-order valence-corrected chi connectivity index (χ4v) is 4.24. The fourth-order valence-electron chi connectivity index (χ4n) is 4.24. The predicted octanol–water partition coefficient (Wildman–Crippen LogP) is 3.90. The first kappa shape index (κ1) is 29.0. The van der Waals surface area contributed by atoms with Crippen LogP contribution in [0.25, 0.3) is 11.1 Å². The number of rotatable bonds is 6. The first-order valence-electron chi connectivity index (χ1n) is 11.9. The lowest BCUT2D eigenvalue weighted by Gasteiger charge is -2.25. The Kier molecular flexibility index (Phi) is 9.12. The summed E-state index contributed by atoms with van der Waals surface area (Å²) in [5, 5.41) is 24.9. The maximum Gasteiger partial charge on any atom is 0.490 e. The highest BCUT2D eigenvalue weighted by Crippen LogP contribution is 2.27. The summed E-state index contributed by atoms with van der Waals surface area (Å²) in [4.78, 5) is 37.9. The number of alkyl halides is 3. The number of phenols is 1. The predicted molar refractivity (Wildman–Crippen MR) is 138 cm³/mol. The standard InChI is InChI=1S/C25H26N4O3.C2HF3O2/c26-24(27)19-8-11-22(30)18(14-19)7-10-21-2-1-13-29(21)25(32)17-5-3-16(4-6-17)20-9-12-23(31)28-15-20;3-2(4,5)1(6)7/h3-6,8-9,11-12,14-15,21,30H,1-2,7,10,13H2,(H3,26,27)(H,28,31);(H,6,7)/t21-;/m0./s1. The van der Waals surface area contributed by atoms with Crippen molar-refractivity contribution < 1.29 is 33.0 Å². The Balaban J connectivity index is 0.000000532. The summed E-state index contributed by atoms with van der Waals surface area (Å²) in [7, 11) is 0. The van der Waals surface area contributed by atoms with E-state index in [9.17, 15) is 27.9 Å². The number of pyridine rings is 1. The molecule has 1 fully saturated rings. The summed E-state index contributed by atoms with van der Waals surface area (Å²) in [6.45, 7) is 0.713. The van der Waals surface area contributed by atoms with Gasteiger partial charge in [-0.1, -0.05) is 12.1 Å². The van der Waals surface area contributed by atoms with Crippen molar-refractivity contribution in [2.24, 2.45) is 5.73 Å². The monoisotopic (exact) mass is 544 g/mol. The molecule has 0 unspecified atom stereocenters. The minimum Gasteiger partial charge on any atom is -0.508 e. The molecule has 1 aliphatic heterocycles. The Bertz CT molecular complexity index is 1380. The van der Waals surface area contributed by atoms with Crippen molar-refractivity contribution in [1.29, 1.82) is 5.41 Å². The third-order valence-electron chi connectivity index (χ3n) is 6.27. The highest BCUT2D eigenvalue weighted by atomic mass is 19.4. The van der Waals surface area contributed by atoms with Crippen LogP contribution in [-0.2, 0) is 11.2 Å². The number of hydrogen-bond donors (Lipinski definition) is 5. The quantitative estimate of drug-likeness (QED) is 0.234. The normalized spacial score (nSPS) is 14.8. The highest BCUT2D eigenvalue weighted by Gasteiger charge is 2.38. The van der Waals surface area contributed by atoms with Crippen LogP contribution in [-0.4, -0.2) is 56.6 Å². The Morgan fingerprint density at radius 3 is 2.23 bits per heavy atom. The summed E-state index contributed by atoms with van der Waals surface area (Å²) in [5.41, 5.74) is 9.18. The topological polar surface area (TPSA) is 161 Å². The number of hydrogen-bond acceptors (Lipinski definition) is 5. The van der Waals surface area contributed by atoms with Crippen LogP contribution in [0, 0.1) is 5.41 Å². The number of carboxylic acid groups (broad SMARTS) is 1. The molecule has 1 aliphatic rings. The molecule has 1 saturated heterocycles. The number of aromatic nitrogens is 1. The van der Waals surface area contributed by atoms with Gasteiger partial charge in [0.05, 0.1) is 0 Å². The first-order chi connectivity index (χ1) is 18.4. The lowest BCUT2D eigenvalue weighted by Crippen LogP contribution is -2.35. The largest absolute Gasteiger partial charge is 0.508 e. The molecule has 2 aromatic carbocycles. The summed E-state index contributed by atoms with van der Waals surface area (Å²) in [5.74, 6) is -2.60. The number of halogens is 3. The second-order valence-corrected chi connectivity index (χ2v) is 8.91. The number of aromatic hydroxyl groups is 1. The number of aliphatic carboxylic acids is 1. The van der Waals surface area contributed by atoms with Crippen LogP contribution in [0.2, 0.25) is 0 Å². The lowest BCUT2D eigenvalue weighted by atomic mass is 10.00. The summed E-state index contributed by atoms with van der Waals surface area (Å²) in [6.07, 6.45) is -0.214. The number of H-pyrrole nitrogens is 1. The van der Waals surface area contributed by atoms with E-state index in [1.807, 2.05) is 29.2 Å². The number of nitrogens with two attached hydrogens (primary N) is 1. The van der Waals surface area contributed by atoms with E-state index in [2.05, 4.69) is 4.98 Å². The van der Waals surface area contributed by atoms with Gasteiger partial charge in [-0.15, -0.1) is 0 Å². The van der Waals surface area contributed by atoms with Crippen LogP contribution in [0.5, 0.6) is 5.75 Å². The molecule has 0 bridgehead atoms. The van der Waals surface area contributed by atoms with Gasteiger partial charge in [-0.25, -0.2) is 4.79 Å². The number of nitrogen functional groups attached to an aromatic ring is 1. The number of carbonyl (C=O) groups excluding carboxylic acids is 1. The molecule has 0 radical (unpaired) electrons. The second-order valence-electron chi connectivity index (χ2n) is 8.91. The molecule has 12 heteroatoms. The number of nitrogens with zero attached hydrogens (tertiary/aromatic N) is 1. The molecule has 1 amide bonds. The van der Waals surface area contributed by atoms with Gasteiger partial charge >= 0.3 is 12.1 Å². The summed E-state index contributed by atoms with van der Waals surface area (Å²) >= 11 is 0. The maximum absolute atomic E-state index is 13.2. The SMILES string of the molecule is N=C(N)c1ccc(O)c(CC[C@@H]2CCCN2C(=O)c2ccc(-c3ccc(=O)[nH]c3)cc2)c1.O=C(O)C(F)(F)F. The molecule has 206 valence electrons. The van der Waals surface area contributed by atoms with E-state index >= 15 is 0 Å². The minimum absolute atomic E-state index is 0.00206. The van der Waals surface area contributed by atoms with Crippen molar-refractivity contribution >= 4 is 17.7 Å². The molecule has 1 atom stereocenters. The number of amidine groups is 1. The molecule has 6 N–H and O–H groups in total. The lowest BCUT2D eigenvalue weighted by molar-refractivity contribution is -0.192. The molecule has 0 saturated carbocycles. The van der Waals surface area contributed by atoms with Crippen molar-refractivity contribution in [3.63, 3.8) is 0 Å². The zero-order valence-corrected chi connectivity index (χ0v) is 20.7. The zero-order chi connectivity index (χ0) is 28.7. The van der Waals surface area contributed by atoms with Crippen molar-refractivity contribution in [2.45, 2.75) is 37.9 Å². The van der Waals surface area contributed by atoms with Gasteiger partial charge in [-0.3, -0.25) is 15.0 Å². The average molecular weight is 545 g/mol. The second kappa shape index (κ2) is 12.3. The van der Waals surface area contributed by atoms with Crippen molar-refractivity contribution in [2.75, 3.05) is 6.54 Å². The number of aromatic amines is 1. The Morgan fingerprint density at radius 1 is 1.05 bits per heavy atom. The van der Waals surface area contributed by atoms with Crippen LogP contribution in [0.1, 0.15) is 40.7 Å². The van der Waals surface area contributed by atoms with Crippen LogP contribution in [0.3, 0.4) is 0 Å². The van der Waals surface area contributed by atoms with E-state index < -0.39 is 12.1 Å². The Morgan fingerprint density at radius 2 is 1.67 bits per heavy atom. The molecule has 9 nitrogen and oxygen atoms in total. The van der Waals surface area contributed by atoms with E-state index in [0.717, 1.165) is 36.0 Å². The van der Waals surface area contributed by atoms with Crippen LogP contribution < -0.4 is 11.3 Å². The maximum atomic E-state index is 13.2. The van der Waals surface area contributed by atoms with Crippen molar-refractivity contribution in [1.82, 2.24) is 9.88 Å². The number of carbonyl (C=O) groups is 2. The van der Waals surface area contributed by atoms with Gasteiger partial charge in [-0.05, 0) is 78.8 Å². The molecule has 0 spiro atoms. The molecular weight excluding hydrogens is 517 g/mol. The van der Waals surface area contributed by atoms with Gasteiger partial charge in [0.15, 0.2) is 0 Å². The van der Waals surface area contributed by atoms with Crippen LogP contribution in [0.4, 0.5) is 13.2 Å². The number of benzene rings is 2. The molecular formula is C27H27F3N4O5. The number of amides is 1. The smallest absolute Gasteiger partial charge is 0.490 e. The van der Waals surface area contributed by atoms with E-state index in [1.54, 1.807) is 30.5 Å². The number of carboxylic acids is 1. The number of nitrogens with one attached hydrogen (secondary N) is 2. The zero-order valence-electron chi connectivity index (χ0n) is 20.7. The Hall–Kier alpha value is -4.61. The van der Waals surface area contributed by atoms with Crippen molar-refractivity contribution in [3.05, 3.63) is 87.8 Å². The van der Waals surface area contributed by atoms with Gasteiger partial charge in [-0.2, -0.15) is 13.2 Å². The van der Waals surface area contributed by atoms with Gasteiger partial charge in [0.1, 0.15) is 11.6 Å². The molecule has 4 rings (SSSR count). The van der Waals surface area contributed by atoms with E-state index in [1.165, 1.54) is 6.07 Å². The molecule has 3 aromatic rings. The minimum atomic E-state index is -5.08. The highest BCUT2D eigenvalue weighted by molar-refractivity contribution is 5.95. The number of phenolic OH excluding ortho intramolecular Hbond substituents is 1. The van der Waals surface area contributed by atoms with Gasteiger partial charge < -0.3 is 25.8 Å². The Labute approximate surface area is 221 Å². The molecule has 1 aromatic heterocycles. The molecule has 0 aliphatic carbocycles. The summed E-state index contributed by atoms with van der Waals surface area (Å²) in [6, 6.07) is 15.7. The van der Waals surface area contributed by atoms with E-state index in [4.69, 9.17) is 21.0 Å². The van der Waals surface area contributed by atoms with Gasteiger partial charge in [0, 0.05) is 36.0 Å². The van der Waals surface area contributed by atoms with E-state index in [-0.39, 0.29) is 29.1 Å². The van der Waals surface area contributed by atoms with Crippen LogP contribution in [0.15, 0.2) is 65.6 Å². The summed E-state index contributed by atoms with van der Waals surface area (Å²) < 4.78 is 31.7. The third kappa shape index (κ3) is 7.69. The fraction of sp³-hybridized carbons (Fsp3) is 0.259. The average Bonchev–Trinajstić information content (AvgIpc) is 3.36. The van der Waals surface area contributed by atoms with Crippen LogP contribution >= 0.6 is 0 Å². The first-order valence-corrected chi connectivity index (χ1v) is 11.9. The molecule has 39 heavy (non-hydrogen) atoms. The number of aryl methyl sites for hydroxylation is 1. The number of likely N-dealkylation sites (tertiary alicyclic amines) is 1. The van der Waals surface area contributed by atoms with Crippen molar-refractivity contribution in [3.8, 4) is 16.9 Å². The molecule has 2 heterocycles. The van der Waals surface area contributed by atoms with Gasteiger partial charge in [0.2, 0.25) is 5.56 Å². The third-order valence-corrected chi connectivity index (χ3v) is 6.27.